The van der Waals surface area contributed by atoms with Crippen LogP contribution in [0.1, 0.15) is 43.4 Å². The quantitative estimate of drug-likeness (QED) is 0.534. The number of benzene rings is 1. The minimum atomic E-state index is 0.309. The van der Waals surface area contributed by atoms with Crippen LogP contribution in [0.25, 0.3) is 0 Å². The van der Waals surface area contributed by atoms with Crippen LogP contribution in [-0.2, 0) is 17.8 Å². The second-order valence-corrected chi connectivity index (χ2v) is 8.81. The minimum absolute atomic E-state index is 0.309. The summed E-state index contributed by atoms with van der Waals surface area (Å²) in [6, 6.07) is 11.1. The molecule has 0 spiro atoms. The summed E-state index contributed by atoms with van der Waals surface area (Å²) in [4.78, 5) is 6.82. The van der Waals surface area contributed by atoms with Crippen LogP contribution in [0, 0.1) is 0 Å². The minimum Gasteiger partial charge on any atom is -0.373 e. The third-order valence-corrected chi connectivity index (χ3v) is 6.00. The lowest BCUT2D eigenvalue weighted by Crippen LogP contribution is -2.44. The molecule has 3 atom stereocenters. The van der Waals surface area contributed by atoms with Gasteiger partial charge in [-0.05, 0) is 53.3 Å². The van der Waals surface area contributed by atoms with Gasteiger partial charge in [0.25, 0.3) is 0 Å². The largest absolute Gasteiger partial charge is 0.373 e. The van der Waals surface area contributed by atoms with Gasteiger partial charge < -0.3 is 15.4 Å². The van der Waals surface area contributed by atoms with E-state index in [-0.39, 0.29) is 0 Å². The molecule has 1 aliphatic rings. The molecule has 2 aromatic rings. The van der Waals surface area contributed by atoms with Gasteiger partial charge in [0.05, 0.1) is 12.2 Å². The molecule has 1 fully saturated rings. The molecule has 1 aromatic carbocycles. The van der Waals surface area contributed by atoms with Crippen molar-refractivity contribution in [2.75, 3.05) is 26.7 Å². The number of guanidine groups is 1. The van der Waals surface area contributed by atoms with E-state index in [9.17, 15) is 0 Å². The average molecular weight is 415 g/mol. The maximum absolute atomic E-state index is 5.83. The molecule has 2 heterocycles. The van der Waals surface area contributed by atoms with E-state index < -0.39 is 0 Å². The molecule has 29 heavy (non-hydrogen) atoms. The van der Waals surface area contributed by atoms with Crippen molar-refractivity contribution in [2.45, 2.75) is 52.0 Å². The first-order valence-electron chi connectivity index (χ1n) is 10.5. The van der Waals surface area contributed by atoms with Crippen LogP contribution in [0.2, 0.25) is 0 Å². The zero-order valence-electron chi connectivity index (χ0n) is 18.0. The Hall–Kier alpha value is -1.89. The standard InChI is InChI=1S/C23H34N4OS/c1-17(22-9-10-29-16-22)11-25-23(24-4)26-12-20-5-7-21(8-6-20)15-27-13-18(2)28-19(3)14-27/h5-10,16-19H,11-15H2,1-4H3,(H2,24,25,26). The zero-order chi connectivity index (χ0) is 20.6. The lowest BCUT2D eigenvalue weighted by atomic mass is 10.1. The maximum Gasteiger partial charge on any atom is 0.191 e. The Morgan fingerprint density at radius 2 is 1.83 bits per heavy atom. The average Bonchev–Trinajstić information content (AvgIpc) is 3.23. The van der Waals surface area contributed by atoms with Gasteiger partial charge in [0, 0.05) is 39.8 Å². The smallest absolute Gasteiger partial charge is 0.191 e. The molecule has 3 rings (SSSR count). The number of nitrogens with one attached hydrogen (secondary N) is 2. The summed E-state index contributed by atoms with van der Waals surface area (Å²) in [6.45, 7) is 11.1. The highest BCUT2D eigenvalue weighted by Gasteiger charge is 2.21. The summed E-state index contributed by atoms with van der Waals surface area (Å²) in [5.74, 6) is 1.30. The molecule has 158 valence electrons. The van der Waals surface area contributed by atoms with E-state index in [4.69, 9.17) is 4.74 Å². The highest BCUT2D eigenvalue weighted by molar-refractivity contribution is 7.07. The normalized spacial score (nSPS) is 21.7. The van der Waals surface area contributed by atoms with Crippen LogP contribution in [0.3, 0.4) is 0 Å². The van der Waals surface area contributed by atoms with Gasteiger partial charge >= 0.3 is 0 Å². The van der Waals surface area contributed by atoms with Crippen LogP contribution in [0.15, 0.2) is 46.1 Å². The molecule has 6 heteroatoms. The molecule has 0 aliphatic carbocycles. The van der Waals surface area contributed by atoms with Gasteiger partial charge in [-0.25, -0.2) is 0 Å². The zero-order valence-corrected chi connectivity index (χ0v) is 18.8. The molecular weight excluding hydrogens is 380 g/mol. The molecule has 5 nitrogen and oxygen atoms in total. The van der Waals surface area contributed by atoms with Gasteiger partial charge in [-0.2, -0.15) is 11.3 Å². The van der Waals surface area contributed by atoms with Crippen LogP contribution in [0.4, 0.5) is 0 Å². The monoisotopic (exact) mass is 414 g/mol. The van der Waals surface area contributed by atoms with Crippen molar-refractivity contribution in [2.24, 2.45) is 4.99 Å². The Morgan fingerprint density at radius 1 is 1.14 bits per heavy atom. The third kappa shape index (κ3) is 6.84. The first kappa shape index (κ1) is 21.8. The molecule has 0 saturated carbocycles. The highest BCUT2D eigenvalue weighted by atomic mass is 32.1. The summed E-state index contributed by atoms with van der Waals surface area (Å²) in [5, 5.41) is 11.2. The fourth-order valence-corrected chi connectivity index (χ4v) is 4.55. The molecule has 0 bridgehead atoms. The first-order chi connectivity index (χ1) is 14.0. The van der Waals surface area contributed by atoms with Gasteiger partial charge in [-0.1, -0.05) is 31.2 Å². The van der Waals surface area contributed by atoms with Crippen molar-refractivity contribution in [1.29, 1.82) is 0 Å². The Labute approximate surface area is 179 Å². The van der Waals surface area contributed by atoms with Crippen LogP contribution in [-0.4, -0.2) is 49.7 Å². The molecule has 2 N–H and O–H groups in total. The van der Waals surface area contributed by atoms with Crippen molar-refractivity contribution in [3.63, 3.8) is 0 Å². The Bertz CT molecular complexity index is 750. The molecule has 1 saturated heterocycles. The first-order valence-corrected chi connectivity index (χ1v) is 11.4. The number of thiophene rings is 1. The Balaban J connectivity index is 1.44. The van der Waals surface area contributed by atoms with Gasteiger partial charge in [-0.15, -0.1) is 0 Å². The molecule has 0 amide bonds. The number of hydrogen-bond acceptors (Lipinski definition) is 4. The topological polar surface area (TPSA) is 48.9 Å². The van der Waals surface area contributed by atoms with Crippen molar-refractivity contribution >= 4 is 17.3 Å². The second-order valence-electron chi connectivity index (χ2n) is 8.03. The Kier molecular flexibility index (Phi) is 8.09. The van der Waals surface area contributed by atoms with Crippen molar-refractivity contribution in [3.8, 4) is 0 Å². The number of ether oxygens (including phenoxy) is 1. The van der Waals surface area contributed by atoms with Crippen molar-refractivity contribution in [3.05, 3.63) is 57.8 Å². The van der Waals surface area contributed by atoms with Gasteiger partial charge in [0.1, 0.15) is 0 Å². The van der Waals surface area contributed by atoms with E-state index in [1.807, 2.05) is 7.05 Å². The summed E-state index contributed by atoms with van der Waals surface area (Å²) in [7, 11) is 1.82. The summed E-state index contributed by atoms with van der Waals surface area (Å²) < 4.78 is 5.83. The second kappa shape index (κ2) is 10.8. The van der Waals surface area contributed by atoms with Crippen LogP contribution in [0.5, 0.6) is 0 Å². The fourth-order valence-electron chi connectivity index (χ4n) is 3.76. The van der Waals surface area contributed by atoms with E-state index >= 15 is 0 Å². The molecule has 0 radical (unpaired) electrons. The predicted octanol–water partition coefficient (Wildman–Crippen LogP) is 3.83. The molecule has 3 unspecified atom stereocenters. The summed E-state index contributed by atoms with van der Waals surface area (Å²) in [6.07, 6.45) is 0.618. The number of morpholine rings is 1. The SMILES string of the molecule is CN=C(NCc1ccc(CN2CC(C)OC(C)C2)cc1)NCC(C)c1ccsc1. The fraction of sp³-hybridized carbons (Fsp3) is 0.522. The van der Waals surface area contributed by atoms with Crippen LogP contribution >= 0.6 is 11.3 Å². The Morgan fingerprint density at radius 3 is 2.45 bits per heavy atom. The molecular formula is C23H34N4OS. The van der Waals surface area contributed by atoms with Gasteiger partial charge in [-0.3, -0.25) is 9.89 Å². The number of aliphatic imine (C=N–C) groups is 1. The van der Waals surface area contributed by atoms with Gasteiger partial charge in [0.15, 0.2) is 5.96 Å². The number of nitrogens with zero attached hydrogens (tertiary/aromatic N) is 2. The van der Waals surface area contributed by atoms with Crippen molar-refractivity contribution < 1.29 is 4.74 Å². The van der Waals surface area contributed by atoms with E-state index in [2.05, 4.69) is 82.4 Å². The van der Waals surface area contributed by atoms with E-state index in [1.165, 1.54) is 16.7 Å². The predicted molar refractivity (Wildman–Crippen MR) is 123 cm³/mol. The number of hydrogen-bond donors (Lipinski definition) is 2. The molecule has 1 aliphatic heterocycles. The maximum atomic E-state index is 5.83. The highest BCUT2D eigenvalue weighted by Crippen LogP contribution is 2.17. The summed E-state index contributed by atoms with van der Waals surface area (Å²) in [5.41, 5.74) is 3.98. The number of rotatable bonds is 7. The van der Waals surface area contributed by atoms with E-state index in [1.54, 1.807) is 11.3 Å². The lowest BCUT2D eigenvalue weighted by molar-refractivity contribution is -0.0704. The van der Waals surface area contributed by atoms with Crippen molar-refractivity contribution in [1.82, 2.24) is 15.5 Å². The summed E-state index contributed by atoms with van der Waals surface area (Å²) >= 11 is 1.74. The van der Waals surface area contributed by atoms with Gasteiger partial charge in [0.2, 0.25) is 0 Å². The van der Waals surface area contributed by atoms with E-state index in [0.717, 1.165) is 38.7 Å². The van der Waals surface area contributed by atoms with Crippen LogP contribution < -0.4 is 10.6 Å². The molecule has 1 aromatic heterocycles. The lowest BCUT2D eigenvalue weighted by Gasteiger charge is -2.35. The third-order valence-electron chi connectivity index (χ3n) is 5.30. The van der Waals surface area contributed by atoms with E-state index in [0.29, 0.717) is 18.1 Å².